The van der Waals surface area contributed by atoms with Crippen LogP contribution in [0.5, 0.6) is 11.5 Å². The van der Waals surface area contributed by atoms with E-state index in [1.165, 1.54) is 0 Å². The second kappa shape index (κ2) is 9.60. The Morgan fingerprint density at radius 2 is 1.70 bits per heavy atom. The first-order valence-electron chi connectivity index (χ1n) is 9.50. The van der Waals surface area contributed by atoms with Crippen molar-refractivity contribution in [2.75, 3.05) is 24.4 Å². The highest BCUT2D eigenvalue weighted by Crippen LogP contribution is 2.21. The van der Waals surface area contributed by atoms with Gasteiger partial charge in [0.15, 0.2) is 6.61 Å². The third-order valence-corrected chi connectivity index (χ3v) is 4.46. The molecule has 0 bridgehead atoms. The first-order chi connectivity index (χ1) is 14.5. The van der Waals surface area contributed by atoms with Gasteiger partial charge in [0.05, 0.1) is 18.4 Å². The van der Waals surface area contributed by atoms with E-state index in [1.807, 2.05) is 32.0 Å². The molecule has 3 rings (SSSR count). The molecular formula is C24H24N2O4. The monoisotopic (exact) mass is 404 g/mol. The fraction of sp³-hybridized carbons (Fsp3) is 0.167. The molecule has 0 spiro atoms. The zero-order valence-corrected chi connectivity index (χ0v) is 17.2. The SMILES string of the molecule is COc1cccc(NC(=O)c2ccccc2NC(=O)COc2ccc(C)cc2C)c1. The molecule has 2 N–H and O–H groups in total. The number of hydrogen-bond donors (Lipinski definition) is 2. The van der Waals surface area contributed by atoms with Gasteiger partial charge in [-0.1, -0.05) is 35.9 Å². The van der Waals surface area contributed by atoms with Crippen LogP contribution in [-0.4, -0.2) is 25.5 Å². The number of ether oxygens (including phenoxy) is 2. The topological polar surface area (TPSA) is 76.7 Å². The zero-order chi connectivity index (χ0) is 21.5. The molecule has 154 valence electrons. The van der Waals surface area contributed by atoms with Crippen molar-refractivity contribution in [2.24, 2.45) is 0 Å². The van der Waals surface area contributed by atoms with E-state index in [0.717, 1.165) is 11.1 Å². The van der Waals surface area contributed by atoms with Crippen molar-refractivity contribution in [3.8, 4) is 11.5 Å². The van der Waals surface area contributed by atoms with Gasteiger partial charge in [-0.15, -0.1) is 0 Å². The third-order valence-electron chi connectivity index (χ3n) is 4.46. The standard InChI is InChI=1S/C24H24N2O4/c1-16-11-12-22(17(2)13-16)30-15-23(27)26-21-10-5-4-9-20(21)24(28)25-18-7-6-8-19(14-18)29-3/h4-14H,15H2,1-3H3,(H,25,28)(H,26,27). The maximum Gasteiger partial charge on any atom is 0.262 e. The van der Waals surface area contributed by atoms with Crippen LogP contribution in [0.2, 0.25) is 0 Å². The van der Waals surface area contributed by atoms with E-state index in [2.05, 4.69) is 10.6 Å². The molecule has 0 heterocycles. The number of hydrogen-bond acceptors (Lipinski definition) is 4. The number of methoxy groups -OCH3 is 1. The number of aryl methyl sites for hydroxylation is 2. The molecule has 6 heteroatoms. The average Bonchev–Trinajstić information content (AvgIpc) is 2.73. The molecule has 2 amide bonds. The second-order valence-electron chi connectivity index (χ2n) is 6.84. The van der Waals surface area contributed by atoms with Crippen molar-refractivity contribution in [3.63, 3.8) is 0 Å². The molecule has 0 unspecified atom stereocenters. The van der Waals surface area contributed by atoms with Gasteiger partial charge < -0.3 is 20.1 Å². The number of carbonyl (C=O) groups excluding carboxylic acids is 2. The minimum absolute atomic E-state index is 0.157. The highest BCUT2D eigenvalue weighted by Gasteiger charge is 2.14. The normalized spacial score (nSPS) is 10.2. The largest absolute Gasteiger partial charge is 0.497 e. The molecule has 30 heavy (non-hydrogen) atoms. The number of amides is 2. The molecule has 0 atom stereocenters. The fourth-order valence-electron chi connectivity index (χ4n) is 2.98. The summed E-state index contributed by atoms with van der Waals surface area (Å²) in [6.07, 6.45) is 0. The number of carbonyl (C=O) groups is 2. The van der Waals surface area contributed by atoms with Crippen LogP contribution in [0.4, 0.5) is 11.4 Å². The van der Waals surface area contributed by atoms with Crippen molar-refractivity contribution in [1.29, 1.82) is 0 Å². The molecule has 0 saturated carbocycles. The Labute approximate surface area is 175 Å². The first kappa shape index (κ1) is 20.9. The number of anilines is 2. The number of benzene rings is 3. The van der Waals surface area contributed by atoms with Crippen LogP contribution in [0.15, 0.2) is 66.7 Å². The highest BCUT2D eigenvalue weighted by atomic mass is 16.5. The Balaban J connectivity index is 1.66. The van der Waals surface area contributed by atoms with Crippen LogP contribution >= 0.6 is 0 Å². The van der Waals surface area contributed by atoms with Crippen LogP contribution in [0.1, 0.15) is 21.5 Å². The third kappa shape index (κ3) is 5.38. The van der Waals surface area contributed by atoms with Crippen molar-refractivity contribution < 1.29 is 19.1 Å². The highest BCUT2D eigenvalue weighted by molar-refractivity contribution is 6.10. The summed E-state index contributed by atoms with van der Waals surface area (Å²) in [4.78, 5) is 25.1. The minimum atomic E-state index is -0.350. The minimum Gasteiger partial charge on any atom is -0.497 e. The van der Waals surface area contributed by atoms with Crippen molar-refractivity contribution in [1.82, 2.24) is 0 Å². The van der Waals surface area contributed by atoms with E-state index in [9.17, 15) is 9.59 Å². The molecule has 3 aromatic carbocycles. The van der Waals surface area contributed by atoms with Gasteiger partial charge in [0, 0.05) is 11.8 Å². The van der Waals surface area contributed by atoms with E-state index in [-0.39, 0.29) is 18.4 Å². The molecular weight excluding hydrogens is 380 g/mol. The summed E-state index contributed by atoms with van der Waals surface area (Å²) in [6.45, 7) is 3.77. The van der Waals surface area contributed by atoms with Gasteiger partial charge in [0.25, 0.3) is 11.8 Å². The van der Waals surface area contributed by atoms with Gasteiger partial charge in [0.1, 0.15) is 11.5 Å². The first-order valence-corrected chi connectivity index (χ1v) is 9.50. The van der Waals surface area contributed by atoms with E-state index in [1.54, 1.807) is 55.6 Å². The molecule has 6 nitrogen and oxygen atoms in total. The second-order valence-corrected chi connectivity index (χ2v) is 6.84. The molecule has 0 aliphatic carbocycles. The number of rotatable bonds is 7. The van der Waals surface area contributed by atoms with Crippen molar-refractivity contribution in [2.45, 2.75) is 13.8 Å². The molecule has 0 fully saturated rings. The lowest BCUT2D eigenvalue weighted by molar-refractivity contribution is -0.118. The summed E-state index contributed by atoms with van der Waals surface area (Å²) < 4.78 is 10.8. The Bertz CT molecular complexity index is 1060. The van der Waals surface area contributed by atoms with Gasteiger partial charge >= 0.3 is 0 Å². The summed E-state index contributed by atoms with van der Waals surface area (Å²) >= 11 is 0. The quantitative estimate of drug-likeness (QED) is 0.604. The molecule has 0 aromatic heterocycles. The van der Waals surface area contributed by atoms with Crippen molar-refractivity contribution in [3.05, 3.63) is 83.4 Å². The lowest BCUT2D eigenvalue weighted by atomic mass is 10.1. The summed E-state index contributed by atoms with van der Waals surface area (Å²) in [5.74, 6) is 0.601. The molecule has 3 aromatic rings. The van der Waals surface area contributed by atoms with Gasteiger partial charge in [0.2, 0.25) is 0 Å². The molecule has 0 aliphatic rings. The van der Waals surface area contributed by atoms with Gasteiger partial charge in [-0.25, -0.2) is 0 Å². The van der Waals surface area contributed by atoms with Gasteiger partial charge in [-0.2, -0.15) is 0 Å². The summed E-state index contributed by atoms with van der Waals surface area (Å²) in [5, 5.41) is 5.57. The van der Waals surface area contributed by atoms with Gasteiger partial charge in [-0.3, -0.25) is 9.59 Å². The summed E-state index contributed by atoms with van der Waals surface area (Å²) in [5.41, 5.74) is 3.44. The number of nitrogens with one attached hydrogen (secondary N) is 2. The van der Waals surface area contributed by atoms with E-state index >= 15 is 0 Å². The Hall–Kier alpha value is -3.80. The predicted molar refractivity (Wildman–Crippen MR) is 117 cm³/mol. The van der Waals surface area contributed by atoms with E-state index < -0.39 is 0 Å². The average molecular weight is 404 g/mol. The molecule has 0 aliphatic heterocycles. The molecule has 0 radical (unpaired) electrons. The molecule has 0 saturated heterocycles. The summed E-state index contributed by atoms with van der Waals surface area (Å²) in [6, 6.07) is 19.6. The number of para-hydroxylation sites is 1. The zero-order valence-electron chi connectivity index (χ0n) is 17.2. The fourth-order valence-corrected chi connectivity index (χ4v) is 2.98. The predicted octanol–water partition coefficient (Wildman–Crippen LogP) is 4.58. The smallest absolute Gasteiger partial charge is 0.262 e. The lowest BCUT2D eigenvalue weighted by Gasteiger charge is -2.13. The van der Waals surface area contributed by atoms with E-state index in [0.29, 0.717) is 28.4 Å². The maximum absolute atomic E-state index is 12.7. The van der Waals surface area contributed by atoms with Crippen LogP contribution < -0.4 is 20.1 Å². The van der Waals surface area contributed by atoms with Crippen LogP contribution in [0.25, 0.3) is 0 Å². The van der Waals surface area contributed by atoms with E-state index in [4.69, 9.17) is 9.47 Å². The Morgan fingerprint density at radius 3 is 2.47 bits per heavy atom. The maximum atomic E-state index is 12.7. The Morgan fingerprint density at radius 1 is 0.900 bits per heavy atom. The van der Waals surface area contributed by atoms with Crippen LogP contribution in [0, 0.1) is 13.8 Å². The lowest BCUT2D eigenvalue weighted by Crippen LogP contribution is -2.23. The summed E-state index contributed by atoms with van der Waals surface area (Å²) in [7, 11) is 1.56. The van der Waals surface area contributed by atoms with Gasteiger partial charge in [-0.05, 0) is 49.7 Å². The van der Waals surface area contributed by atoms with Crippen molar-refractivity contribution >= 4 is 23.2 Å². The van der Waals surface area contributed by atoms with Crippen LogP contribution in [-0.2, 0) is 4.79 Å². The van der Waals surface area contributed by atoms with Crippen LogP contribution in [0.3, 0.4) is 0 Å². The Kier molecular flexibility index (Phi) is 6.70.